The van der Waals surface area contributed by atoms with Gasteiger partial charge in [0, 0.05) is 47.5 Å². The Kier molecular flexibility index (Phi) is 8.94. The summed E-state index contributed by atoms with van der Waals surface area (Å²) in [7, 11) is 4.00. The number of carbonyl (C=O) groups excluding carboxylic acids is 1. The number of para-hydroxylation sites is 1. The lowest BCUT2D eigenvalue weighted by Gasteiger charge is -2.29. The maximum absolute atomic E-state index is 13.4. The fraction of sp³-hybridized carbons (Fsp3) is 0.438. The second-order valence-electron chi connectivity index (χ2n) is 12.4. The van der Waals surface area contributed by atoms with Gasteiger partial charge in [-0.2, -0.15) is 10.1 Å². The molecule has 222 valence electrons. The van der Waals surface area contributed by atoms with Crippen molar-refractivity contribution >= 4 is 51.8 Å². The zero-order valence-corrected chi connectivity index (χ0v) is 26.4. The van der Waals surface area contributed by atoms with Gasteiger partial charge in [-0.05, 0) is 67.5 Å². The molecule has 10 heteroatoms. The Morgan fingerprint density at radius 1 is 1.02 bits per heavy atom. The number of amides is 1. The first-order valence-corrected chi connectivity index (χ1v) is 15.2. The van der Waals surface area contributed by atoms with E-state index in [9.17, 15) is 4.79 Å². The molecule has 1 fully saturated rings. The van der Waals surface area contributed by atoms with E-state index in [0.717, 1.165) is 53.7 Å². The average molecular weight is 609 g/mol. The van der Waals surface area contributed by atoms with Crippen molar-refractivity contribution in [1.82, 2.24) is 25.1 Å². The Bertz CT molecular complexity index is 1570. The van der Waals surface area contributed by atoms with Crippen LogP contribution in [-0.4, -0.2) is 52.3 Å². The van der Waals surface area contributed by atoms with Crippen molar-refractivity contribution in [3.05, 3.63) is 75.5 Å². The van der Waals surface area contributed by atoms with Gasteiger partial charge in [0.25, 0.3) is 5.91 Å². The van der Waals surface area contributed by atoms with E-state index in [0.29, 0.717) is 46.7 Å². The molecule has 0 radical (unpaired) electrons. The standard InChI is InChI=1S/C32H39Cl2N7O/c1-32(2,3)28-17-27(41(39-28)19-21-12-13-22(33)16-25(21)34)30(42)35-18-20-10-14-23(15-11-20)36-31-37-26-9-7-6-8-24(26)29(38-31)40(4)5/h6-9,12-13,16-17,20,23H,10-11,14-15,18-19H2,1-5H3,(H,35,42)(H,36,37,38). The minimum atomic E-state index is -0.197. The number of benzene rings is 2. The van der Waals surface area contributed by atoms with Gasteiger partial charge in [0.05, 0.1) is 17.8 Å². The van der Waals surface area contributed by atoms with Crippen LogP contribution < -0.4 is 15.5 Å². The second-order valence-corrected chi connectivity index (χ2v) is 13.3. The molecule has 2 N–H and O–H groups in total. The average Bonchev–Trinajstić information content (AvgIpc) is 3.38. The molecule has 2 aromatic heterocycles. The number of halogens is 2. The third kappa shape index (κ3) is 6.98. The molecule has 1 aliphatic rings. The second kappa shape index (κ2) is 12.5. The molecular weight excluding hydrogens is 569 g/mol. The van der Waals surface area contributed by atoms with E-state index in [1.54, 1.807) is 16.8 Å². The molecule has 5 rings (SSSR count). The van der Waals surface area contributed by atoms with Crippen LogP contribution in [0.4, 0.5) is 11.8 Å². The molecule has 2 aromatic carbocycles. The van der Waals surface area contributed by atoms with Crippen molar-refractivity contribution < 1.29 is 4.79 Å². The highest BCUT2D eigenvalue weighted by Gasteiger charge is 2.26. The molecule has 0 saturated heterocycles. The smallest absolute Gasteiger partial charge is 0.269 e. The molecule has 2 heterocycles. The number of nitrogens with one attached hydrogen (secondary N) is 2. The highest BCUT2D eigenvalue weighted by Crippen LogP contribution is 2.29. The molecule has 0 unspecified atom stereocenters. The summed E-state index contributed by atoms with van der Waals surface area (Å²) in [5, 5.41) is 13.7. The van der Waals surface area contributed by atoms with E-state index in [1.165, 1.54) is 0 Å². The van der Waals surface area contributed by atoms with Crippen LogP contribution >= 0.6 is 23.2 Å². The minimum Gasteiger partial charge on any atom is -0.362 e. The maximum Gasteiger partial charge on any atom is 0.269 e. The monoisotopic (exact) mass is 607 g/mol. The highest BCUT2D eigenvalue weighted by atomic mass is 35.5. The Labute approximate surface area is 257 Å². The molecular formula is C32H39Cl2N7O. The lowest BCUT2D eigenvalue weighted by Crippen LogP contribution is -2.35. The topological polar surface area (TPSA) is 88.0 Å². The summed E-state index contributed by atoms with van der Waals surface area (Å²) in [6.45, 7) is 7.28. The summed E-state index contributed by atoms with van der Waals surface area (Å²) in [5.74, 6) is 1.86. The van der Waals surface area contributed by atoms with Crippen LogP contribution in [0.5, 0.6) is 0 Å². The number of carbonyl (C=O) groups is 1. The SMILES string of the molecule is CN(C)c1nc(NC2CCC(CNC(=O)c3cc(C(C)(C)C)nn3Cc3ccc(Cl)cc3Cl)CC2)nc2ccccc12. The summed E-state index contributed by atoms with van der Waals surface area (Å²) < 4.78 is 1.75. The van der Waals surface area contributed by atoms with Gasteiger partial charge < -0.3 is 15.5 Å². The van der Waals surface area contributed by atoms with Crippen LogP contribution in [0, 0.1) is 5.92 Å². The normalized spacial score (nSPS) is 17.3. The van der Waals surface area contributed by atoms with Gasteiger partial charge >= 0.3 is 0 Å². The number of hydrogen-bond donors (Lipinski definition) is 2. The number of aromatic nitrogens is 4. The maximum atomic E-state index is 13.4. The Hall–Kier alpha value is -3.36. The molecule has 0 atom stereocenters. The van der Waals surface area contributed by atoms with Gasteiger partial charge in [0.1, 0.15) is 11.5 Å². The zero-order valence-electron chi connectivity index (χ0n) is 24.9. The fourth-order valence-electron chi connectivity index (χ4n) is 5.38. The van der Waals surface area contributed by atoms with Crippen molar-refractivity contribution in [3.63, 3.8) is 0 Å². The summed E-state index contributed by atoms with van der Waals surface area (Å²) in [6, 6.07) is 15.7. The van der Waals surface area contributed by atoms with Gasteiger partial charge in [-0.25, -0.2) is 4.98 Å². The quantitative estimate of drug-likeness (QED) is 0.225. The lowest BCUT2D eigenvalue weighted by atomic mass is 9.86. The molecule has 1 amide bonds. The predicted molar refractivity (Wildman–Crippen MR) is 172 cm³/mol. The van der Waals surface area contributed by atoms with Crippen LogP contribution in [0.2, 0.25) is 10.0 Å². The van der Waals surface area contributed by atoms with Gasteiger partial charge in [-0.15, -0.1) is 0 Å². The number of rotatable bonds is 8. The van der Waals surface area contributed by atoms with Crippen molar-refractivity contribution in [2.75, 3.05) is 30.9 Å². The van der Waals surface area contributed by atoms with Crippen molar-refractivity contribution in [2.45, 2.75) is 64.5 Å². The third-order valence-corrected chi connectivity index (χ3v) is 8.44. The van der Waals surface area contributed by atoms with E-state index in [-0.39, 0.29) is 11.3 Å². The van der Waals surface area contributed by atoms with Crippen LogP contribution in [0.3, 0.4) is 0 Å². The Morgan fingerprint density at radius 2 is 1.76 bits per heavy atom. The number of anilines is 2. The lowest BCUT2D eigenvalue weighted by molar-refractivity contribution is 0.0933. The van der Waals surface area contributed by atoms with Crippen molar-refractivity contribution in [3.8, 4) is 0 Å². The van der Waals surface area contributed by atoms with Crippen LogP contribution in [0.25, 0.3) is 10.9 Å². The molecule has 8 nitrogen and oxygen atoms in total. The van der Waals surface area contributed by atoms with Gasteiger partial charge in [-0.1, -0.05) is 62.2 Å². The summed E-state index contributed by atoms with van der Waals surface area (Å²) in [6.07, 6.45) is 4.02. The van der Waals surface area contributed by atoms with E-state index < -0.39 is 0 Å². The van der Waals surface area contributed by atoms with Gasteiger partial charge in [0.15, 0.2) is 0 Å². The van der Waals surface area contributed by atoms with E-state index in [1.807, 2.05) is 49.3 Å². The van der Waals surface area contributed by atoms with Crippen LogP contribution in [-0.2, 0) is 12.0 Å². The first-order valence-electron chi connectivity index (χ1n) is 14.5. The molecule has 1 saturated carbocycles. The van der Waals surface area contributed by atoms with Crippen molar-refractivity contribution in [1.29, 1.82) is 0 Å². The van der Waals surface area contributed by atoms with Crippen molar-refractivity contribution in [2.24, 2.45) is 5.92 Å². The summed E-state index contributed by atoms with van der Waals surface area (Å²) in [5.41, 5.74) is 2.99. The number of hydrogen-bond acceptors (Lipinski definition) is 6. The number of fused-ring (bicyclic) bond motifs is 1. The molecule has 0 aliphatic heterocycles. The largest absolute Gasteiger partial charge is 0.362 e. The molecule has 0 spiro atoms. The first kappa shape index (κ1) is 30.1. The Balaban J connectivity index is 1.20. The zero-order chi connectivity index (χ0) is 30.0. The minimum absolute atomic E-state index is 0.121. The van der Waals surface area contributed by atoms with E-state index in [2.05, 4.69) is 37.5 Å². The van der Waals surface area contributed by atoms with E-state index >= 15 is 0 Å². The number of nitrogens with zero attached hydrogens (tertiary/aromatic N) is 5. The Morgan fingerprint density at radius 3 is 2.45 bits per heavy atom. The van der Waals surface area contributed by atoms with Crippen LogP contribution in [0.1, 0.15) is 68.2 Å². The fourth-order valence-corrected chi connectivity index (χ4v) is 5.85. The van der Waals surface area contributed by atoms with Gasteiger partial charge in [-0.3, -0.25) is 9.48 Å². The van der Waals surface area contributed by atoms with Gasteiger partial charge in [0.2, 0.25) is 5.95 Å². The first-order chi connectivity index (χ1) is 20.0. The molecule has 1 aliphatic carbocycles. The third-order valence-electron chi connectivity index (χ3n) is 7.85. The molecule has 42 heavy (non-hydrogen) atoms. The summed E-state index contributed by atoms with van der Waals surface area (Å²) in [4.78, 5) is 25.0. The molecule has 4 aromatic rings. The highest BCUT2D eigenvalue weighted by molar-refractivity contribution is 6.35. The van der Waals surface area contributed by atoms with E-state index in [4.69, 9.17) is 38.3 Å². The van der Waals surface area contributed by atoms with Crippen LogP contribution in [0.15, 0.2) is 48.5 Å². The predicted octanol–water partition coefficient (Wildman–Crippen LogP) is 6.95. The molecule has 0 bridgehead atoms. The summed E-state index contributed by atoms with van der Waals surface area (Å²) >= 11 is 12.5.